The fraction of sp³-hybridized carbons (Fsp3) is 0.450. The molecule has 28 heavy (non-hydrogen) atoms. The van der Waals surface area contributed by atoms with Crippen LogP contribution in [0, 0.1) is 0 Å². The second-order valence-corrected chi connectivity index (χ2v) is 6.65. The molecule has 0 spiro atoms. The first-order valence-corrected chi connectivity index (χ1v) is 9.28. The monoisotopic (exact) mass is 387 g/mol. The first-order chi connectivity index (χ1) is 13.5. The summed E-state index contributed by atoms with van der Waals surface area (Å²) in [7, 11) is 3.18. The smallest absolute Gasteiger partial charge is 0.359 e. The number of carbonyl (C=O) groups is 2. The van der Waals surface area contributed by atoms with Gasteiger partial charge in [0.2, 0.25) is 0 Å². The summed E-state index contributed by atoms with van der Waals surface area (Å²) in [4.78, 5) is 26.3. The Kier molecular flexibility index (Phi) is 6.18. The van der Waals surface area contributed by atoms with Crippen molar-refractivity contribution in [3.05, 3.63) is 40.7 Å². The van der Waals surface area contributed by atoms with E-state index in [4.69, 9.17) is 14.2 Å². The summed E-state index contributed by atoms with van der Waals surface area (Å²) in [6.45, 7) is 2.73. The van der Waals surface area contributed by atoms with E-state index in [-0.39, 0.29) is 18.2 Å². The van der Waals surface area contributed by atoms with Crippen molar-refractivity contribution < 1.29 is 23.8 Å². The lowest BCUT2D eigenvalue weighted by Gasteiger charge is -2.29. The SMILES string of the molecule is CCCc1cc(C(=O)OCC(=O)N2CCc3cc(OC)c(OC)cc3C2)n[nH]1. The van der Waals surface area contributed by atoms with Crippen molar-refractivity contribution in [1.29, 1.82) is 0 Å². The molecular formula is C20H25N3O5. The Balaban J connectivity index is 1.59. The van der Waals surface area contributed by atoms with Crippen molar-refractivity contribution in [2.75, 3.05) is 27.4 Å². The number of aromatic nitrogens is 2. The van der Waals surface area contributed by atoms with Gasteiger partial charge < -0.3 is 19.1 Å². The number of hydrogen-bond donors (Lipinski definition) is 1. The molecule has 8 heteroatoms. The summed E-state index contributed by atoms with van der Waals surface area (Å²) in [6.07, 6.45) is 2.46. The van der Waals surface area contributed by atoms with Crippen molar-refractivity contribution in [2.24, 2.45) is 0 Å². The highest BCUT2D eigenvalue weighted by molar-refractivity contribution is 5.89. The average molecular weight is 387 g/mol. The zero-order valence-electron chi connectivity index (χ0n) is 16.4. The molecule has 3 rings (SSSR count). The highest BCUT2D eigenvalue weighted by Crippen LogP contribution is 2.33. The molecule has 0 saturated heterocycles. The van der Waals surface area contributed by atoms with E-state index in [1.165, 1.54) is 0 Å². The summed E-state index contributed by atoms with van der Waals surface area (Å²) < 4.78 is 15.8. The van der Waals surface area contributed by atoms with Crippen molar-refractivity contribution in [2.45, 2.75) is 32.7 Å². The molecular weight excluding hydrogens is 362 g/mol. The van der Waals surface area contributed by atoms with Gasteiger partial charge in [0.1, 0.15) is 0 Å². The number of amides is 1. The number of H-pyrrole nitrogens is 1. The molecule has 1 aliphatic rings. The van der Waals surface area contributed by atoms with E-state index in [9.17, 15) is 9.59 Å². The standard InChI is InChI=1S/C20H25N3O5/c1-4-5-15-10-16(22-21-15)20(25)28-12-19(24)23-7-6-13-8-17(26-2)18(27-3)9-14(13)11-23/h8-10H,4-7,11-12H2,1-3H3,(H,21,22). The Morgan fingerprint density at radius 3 is 2.54 bits per heavy atom. The van der Waals surface area contributed by atoms with E-state index in [2.05, 4.69) is 10.2 Å². The molecule has 0 atom stereocenters. The lowest BCUT2D eigenvalue weighted by molar-refractivity contribution is -0.135. The quantitative estimate of drug-likeness (QED) is 0.732. The van der Waals surface area contributed by atoms with Gasteiger partial charge in [-0.3, -0.25) is 9.89 Å². The van der Waals surface area contributed by atoms with Crippen LogP contribution in [0.15, 0.2) is 18.2 Å². The lowest BCUT2D eigenvalue weighted by atomic mass is 9.99. The number of fused-ring (bicyclic) bond motifs is 1. The van der Waals surface area contributed by atoms with Crippen molar-refractivity contribution in [1.82, 2.24) is 15.1 Å². The van der Waals surface area contributed by atoms with Crippen LogP contribution < -0.4 is 9.47 Å². The maximum Gasteiger partial charge on any atom is 0.359 e. The maximum absolute atomic E-state index is 12.5. The molecule has 2 aromatic rings. The average Bonchev–Trinajstić information content (AvgIpc) is 3.19. The Morgan fingerprint density at radius 1 is 1.14 bits per heavy atom. The number of aromatic amines is 1. The number of hydrogen-bond acceptors (Lipinski definition) is 6. The molecule has 2 heterocycles. The summed E-state index contributed by atoms with van der Waals surface area (Å²) in [6, 6.07) is 5.49. The van der Waals surface area contributed by atoms with E-state index in [1.807, 2.05) is 19.1 Å². The zero-order valence-corrected chi connectivity index (χ0v) is 16.4. The van der Waals surface area contributed by atoms with Crippen LogP contribution in [-0.4, -0.2) is 54.3 Å². The van der Waals surface area contributed by atoms with Crippen LogP contribution in [0.1, 0.15) is 40.7 Å². The second kappa shape index (κ2) is 8.77. The molecule has 0 fully saturated rings. The van der Waals surface area contributed by atoms with E-state index in [0.29, 0.717) is 31.0 Å². The summed E-state index contributed by atoms with van der Waals surface area (Å²) >= 11 is 0. The molecule has 0 aliphatic carbocycles. The number of carbonyl (C=O) groups excluding carboxylic acids is 2. The molecule has 0 unspecified atom stereocenters. The molecule has 0 saturated carbocycles. The maximum atomic E-state index is 12.5. The van der Waals surface area contributed by atoms with Crippen LogP contribution in [0.5, 0.6) is 11.5 Å². The molecule has 1 aromatic carbocycles. The van der Waals surface area contributed by atoms with Crippen LogP contribution in [0.2, 0.25) is 0 Å². The van der Waals surface area contributed by atoms with Gasteiger partial charge in [0.25, 0.3) is 5.91 Å². The number of methoxy groups -OCH3 is 2. The van der Waals surface area contributed by atoms with Crippen molar-refractivity contribution in [3.63, 3.8) is 0 Å². The van der Waals surface area contributed by atoms with Crippen LogP contribution in [0.25, 0.3) is 0 Å². The third-order valence-electron chi connectivity index (χ3n) is 4.76. The number of esters is 1. The van der Waals surface area contributed by atoms with Gasteiger partial charge in [-0.15, -0.1) is 0 Å². The third-order valence-corrected chi connectivity index (χ3v) is 4.76. The third kappa shape index (κ3) is 4.27. The highest BCUT2D eigenvalue weighted by atomic mass is 16.5. The van der Waals surface area contributed by atoms with Gasteiger partial charge in [0.15, 0.2) is 23.8 Å². The van der Waals surface area contributed by atoms with E-state index >= 15 is 0 Å². The van der Waals surface area contributed by atoms with Crippen LogP contribution in [0.3, 0.4) is 0 Å². The Bertz CT molecular complexity index is 862. The van der Waals surface area contributed by atoms with Crippen LogP contribution in [0.4, 0.5) is 0 Å². The van der Waals surface area contributed by atoms with Gasteiger partial charge in [-0.05, 0) is 42.2 Å². The normalized spacial score (nSPS) is 13.0. The molecule has 1 amide bonds. The fourth-order valence-electron chi connectivity index (χ4n) is 3.25. The Labute approximate surface area is 163 Å². The molecule has 1 aromatic heterocycles. The number of ether oxygens (including phenoxy) is 3. The summed E-state index contributed by atoms with van der Waals surface area (Å²) in [5, 5.41) is 6.74. The summed E-state index contributed by atoms with van der Waals surface area (Å²) in [5.41, 5.74) is 3.19. The number of aryl methyl sites for hydroxylation is 1. The molecule has 0 bridgehead atoms. The predicted octanol–water partition coefficient (Wildman–Crippen LogP) is 2.12. The van der Waals surface area contributed by atoms with Crippen molar-refractivity contribution >= 4 is 11.9 Å². The lowest BCUT2D eigenvalue weighted by Crippen LogP contribution is -2.38. The minimum atomic E-state index is -0.601. The van der Waals surface area contributed by atoms with Gasteiger partial charge in [-0.25, -0.2) is 4.79 Å². The zero-order chi connectivity index (χ0) is 20.1. The second-order valence-electron chi connectivity index (χ2n) is 6.65. The molecule has 8 nitrogen and oxygen atoms in total. The van der Waals surface area contributed by atoms with Gasteiger partial charge in [-0.1, -0.05) is 13.3 Å². The number of nitrogens with zero attached hydrogens (tertiary/aromatic N) is 2. The number of rotatable bonds is 7. The predicted molar refractivity (Wildman–Crippen MR) is 102 cm³/mol. The van der Waals surface area contributed by atoms with Gasteiger partial charge in [0.05, 0.1) is 14.2 Å². The van der Waals surface area contributed by atoms with Crippen molar-refractivity contribution in [3.8, 4) is 11.5 Å². The van der Waals surface area contributed by atoms with E-state index in [0.717, 1.165) is 29.7 Å². The number of nitrogens with one attached hydrogen (secondary N) is 1. The van der Waals surface area contributed by atoms with E-state index < -0.39 is 5.97 Å². The van der Waals surface area contributed by atoms with Gasteiger partial charge >= 0.3 is 5.97 Å². The first kappa shape index (κ1) is 19.7. The van der Waals surface area contributed by atoms with E-state index in [1.54, 1.807) is 25.2 Å². The number of benzene rings is 1. The topological polar surface area (TPSA) is 93.8 Å². The first-order valence-electron chi connectivity index (χ1n) is 9.28. The van der Waals surface area contributed by atoms with Gasteiger partial charge in [0, 0.05) is 18.8 Å². The highest BCUT2D eigenvalue weighted by Gasteiger charge is 2.24. The molecule has 150 valence electrons. The Morgan fingerprint density at radius 2 is 1.86 bits per heavy atom. The van der Waals surface area contributed by atoms with Crippen LogP contribution in [-0.2, 0) is 28.9 Å². The largest absolute Gasteiger partial charge is 0.493 e. The minimum absolute atomic E-state index is 0.192. The molecule has 1 N–H and O–H groups in total. The molecule has 0 radical (unpaired) electrons. The van der Waals surface area contributed by atoms with Gasteiger partial charge in [-0.2, -0.15) is 5.10 Å². The van der Waals surface area contributed by atoms with Crippen LogP contribution >= 0.6 is 0 Å². The Hall–Kier alpha value is -3.03. The molecule has 1 aliphatic heterocycles. The fourth-order valence-corrected chi connectivity index (χ4v) is 3.25. The minimum Gasteiger partial charge on any atom is -0.493 e. The summed E-state index contributed by atoms with van der Waals surface area (Å²) in [5.74, 6) is 0.466.